The molecule has 2 fully saturated rings. The van der Waals surface area contributed by atoms with Gasteiger partial charge in [-0.15, -0.1) is 0 Å². The maximum atomic E-state index is 14.5. The van der Waals surface area contributed by atoms with E-state index in [2.05, 4.69) is 52.3 Å². The van der Waals surface area contributed by atoms with Crippen LogP contribution < -0.4 is 4.90 Å². The van der Waals surface area contributed by atoms with Gasteiger partial charge in [0.05, 0.1) is 10.3 Å². The SMILES string of the molecule is Cc1ccccc1-c1noc(C2CC2)c1C1=CC2(CCN(c3nc4c(F)cc(C(=O)O)cc4s3)CC2)C1. The number of halogens is 1. The molecular formula is C29H26FN3O3S. The zero-order chi connectivity index (χ0) is 25.3. The molecule has 1 aliphatic heterocycles. The Hall–Kier alpha value is -3.52. The Bertz CT molecular complexity index is 1590. The second kappa shape index (κ2) is 8.25. The topological polar surface area (TPSA) is 79.5 Å². The van der Waals surface area contributed by atoms with Crippen molar-refractivity contribution in [3.8, 4) is 11.3 Å². The molecule has 0 radical (unpaired) electrons. The molecule has 1 saturated carbocycles. The number of nitrogens with zero attached hydrogens (tertiary/aromatic N) is 3. The quantitative estimate of drug-likeness (QED) is 0.307. The minimum atomic E-state index is -1.13. The van der Waals surface area contributed by atoms with Crippen LogP contribution in [0.5, 0.6) is 0 Å². The highest BCUT2D eigenvalue weighted by atomic mass is 32.1. The van der Waals surface area contributed by atoms with E-state index in [1.807, 2.05) is 0 Å². The fourth-order valence-electron chi connectivity index (χ4n) is 5.84. The maximum absolute atomic E-state index is 14.5. The molecule has 8 heteroatoms. The lowest BCUT2D eigenvalue weighted by Crippen LogP contribution is -2.42. The summed E-state index contributed by atoms with van der Waals surface area (Å²) in [6.07, 6.45) is 7.79. The Kier molecular flexibility index (Phi) is 5.05. The van der Waals surface area contributed by atoms with Crippen LogP contribution in [0.15, 0.2) is 47.0 Å². The summed E-state index contributed by atoms with van der Waals surface area (Å²) >= 11 is 1.36. The molecule has 1 spiro atoms. The van der Waals surface area contributed by atoms with E-state index >= 15 is 0 Å². The van der Waals surface area contributed by atoms with Crippen molar-refractivity contribution in [3.63, 3.8) is 0 Å². The molecule has 2 aromatic carbocycles. The second-order valence-electron chi connectivity index (χ2n) is 10.7. The number of anilines is 1. The molecule has 3 aliphatic rings. The molecular weight excluding hydrogens is 489 g/mol. The van der Waals surface area contributed by atoms with Gasteiger partial charge in [-0.05, 0) is 67.7 Å². The number of aromatic carboxylic acids is 1. The van der Waals surface area contributed by atoms with Gasteiger partial charge in [-0.2, -0.15) is 0 Å². The van der Waals surface area contributed by atoms with Crippen LogP contribution in [0.4, 0.5) is 9.52 Å². The monoisotopic (exact) mass is 515 g/mol. The summed E-state index contributed by atoms with van der Waals surface area (Å²) in [6, 6.07) is 10.9. The van der Waals surface area contributed by atoms with Crippen molar-refractivity contribution in [2.75, 3.05) is 18.0 Å². The van der Waals surface area contributed by atoms with E-state index in [-0.39, 0.29) is 16.5 Å². The molecule has 2 aromatic heterocycles. The number of aryl methyl sites for hydroxylation is 1. The molecule has 3 heterocycles. The summed E-state index contributed by atoms with van der Waals surface area (Å²) in [5, 5.41) is 14.5. The van der Waals surface area contributed by atoms with Gasteiger partial charge in [0.15, 0.2) is 10.9 Å². The normalized spacial score (nSPS) is 18.8. The zero-order valence-electron chi connectivity index (χ0n) is 20.5. The number of carboxylic acid groups (broad SMARTS) is 1. The molecule has 0 atom stereocenters. The van der Waals surface area contributed by atoms with Gasteiger partial charge in [0.25, 0.3) is 0 Å². The van der Waals surface area contributed by atoms with Gasteiger partial charge in [0.1, 0.15) is 17.0 Å². The van der Waals surface area contributed by atoms with E-state index in [4.69, 9.17) is 4.52 Å². The Morgan fingerprint density at radius 3 is 2.68 bits per heavy atom. The number of benzene rings is 2. The number of thiazole rings is 1. The summed E-state index contributed by atoms with van der Waals surface area (Å²) in [6.45, 7) is 3.79. The van der Waals surface area contributed by atoms with E-state index in [0.29, 0.717) is 10.6 Å². The Morgan fingerprint density at radius 1 is 1.22 bits per heavy atom. The van der Waals surface area contributed by atoms with Gasteiger partial charge in [-0.1, -0.05) is 46.8 Å². The van der Waals surface area contributed by atoms with Crippen LogP contribution in [-0.2, 0) is 0 Å². The van der Waals surface area contributed by atoms with Crippen molar-refractivity contribution in [2.24, 2.45) is 5.41 Å². The maximum Gasteiger partial charge on any atom is 0.335 e. The first-order valence-electron chi connectivity index (χ1n) is 12.8. The van der Waals surface area contributed by atoms with E-state index in [1.165, 1.54) is 46.9 Å². The molecule has 0 amide bonds. The molecule has 7 rings (SSSR count). The zero-order valence-corrected chi connectivity index (χ0v) is 21.3. The Morgan fingerprint density at radius 2 is 1.97 bits per heavy atom. The fourth-order valence-corrected chi connectivity index (χ4v) is 6.91. The van der Waals surface area contributed by atoms with E-state index in [9.17, 15) is 14.3 Å². The summed E-state index contributed by atoms with van der Waals surface area (Å²) < 4.78 is 21.0. The van der Waals surface area contributed by atoms with Crippen LogP contribution in [0, 0.1) is 18.2 Å². The third-order valence-electron chi connectivity index (χ3n) is 8.12. The first kappa shape index (κ1) is 22.7. The molecule has 4 aromatic rings. The molecule has 1 N–H and O–H groups in total. The molecule has 0 bridgehead atoms. The number of rotatable bonds is 5. The molecule has 6 nitrogen and oxygen atoms in total. The van der Waals surface area contributed by atoms with E-state index in [0.717, 1.165) is 60.6 Å². The van der Waals surface area contributed by atoms with Gasteiger partial charge in [-0.3, -0.25) is 0 Å². The standard InChI is InChI=1S/C29H26FN3O3S/c1-16-4-2-3-5-20(16)24-23(26(36-32-24)17-6-7-17)19-14-29(15-19)8-10-33(11-9-29)28-31-25-21(30)12-18(27(34)35)13-22(25)37-28/h2-5,12-14,17H,6-11,15H2,1H3,(H,34,35). The van der Waals surface area contributed by atoms with Crippen LogP contribution in [0.3, 0.4) is 0 Å². The van der Waals surface area contributed by atoms with Gasteiger partial charge < -0.3 is 14.5 Å². The average Bonchev–Trinajstić information content (AvgIpc) is 3.47. The molecule has 0 unspecified atom stereocenters. The molecule has 188 valence electrons. The first-order chi connectivity index (χ1) is 17.9. The van der Waals surface area contributed by atoms with Crippen LogP contribution >= 0.6 is 11.3 Å². The lowest BCUT2D eigenvalue weighted by molar-refractivity contribution is 0.0696. The summed E-state index contributed by atoms with van der Waals surface area (Å²) in [4.78, 5) is 18.0. The van der Waals surface area contributed by atoms with Crippen molar-refractivity contribution < 1.29 is 18.8 Å². The number of hydrogen-bond acceptors (Lipinski definition) is 6. The van der Waals surface area contributed by atoms with Crippen molar-refractivity contribution in [2.45, 2.75) is 44.9 Å². The van der Waals surface area contributed by atoms with E-state index in [1.54, 1.807) is 0 Å². The van der Waals surface area contributed by atoms with Gasteiger partial charge in [0.2, 0.25) is 0 Å². The van der Waals surface area contributed by atoms with Crippen molar-refractivity contribution in [1.29, 1.82) is 0 Å². The summed E-state index contributed by atoms with van der Waals surface area (Å²) in [5.41, 5.74) is 6.22. The number of carbonyl (C=O) groups is 1. The smallest absolute Gasteiger partial charge is 0.335 e. The molecule has 1 saturated heterocycles. The predicted molar refractivity (Wildman–Crippen MR) is 142 cm³/mol. The highest BCUT2D eigenvalue weighted by Crippen LogP contribution is 2.56. The molecule has 2 aliphatic carbocycles. The third-order valence-corrected chi connectivity index (χ3v) is 9.19. The minimum Gasteiger partial charge on any atom is -0.478 e. The largest absolute Gasteiger partial charge is 0.478 e. The number of aromatic nitrogens is 2. The number of piperidine rings is 1. The van der Waals surface area contributed by atoms with Crippen molar-refractivity contribution in [3.05, 3.63) is 70.7 Å². The highest BCUT2D eigenvalue weighted by molar-refractivity contribution is 7.22. The number of allylic oxidation sites excluding steroid dienone is 2. The van der Waals surface area contributed by atoms with Crippen LogP contribution in [0.25, 0.3) is 27.0 Å². The van der Waals surface area contributed by atoms with Crippen LogP contribution in [-0.4, -0.2) is 34.3 Å². The van der Waals surface area contributed by atoms with E-state index < -0.39 is 11.8 Å². The number of fused-ring (bicyclic) bond motifs is 1. The Balaban J connectivity index is 1.13. The average molecular weight is 516 g/mol. The van der Waals surface area contributed by atoms with Gasteiger partial charge >= 0.3 is 5.97 Å². The third kappa shape index (κ3) is 3.77. The van der Waals surface area contributed by atoms with Crippen LogP contribution in [0.2, 0.25) is 0 Å². The minimum absolute atomic E-state index is 0.0469. The summed E-state index contributed by atoms with van der Waals surface area (Å²) in [5.74, 6) is -0.178. The number of hydrogen-bond donors (Lipinski definition) is 1. The lowest BCUT2D eigenvalue weighted by atomic mass is 9.63. The molecule has 37 heavy (non-hydrogen) atoms. The predicted octanol–water partition coefficient (Wildman–Crippen LogP) is 7.05. The summed E-state index contributed by atoms with van der Waals surface area (Å²) in [7, 11) is 0. The Labute approximate surface area is 217 Å². The first-order valence-corrected chi connectivity index (χ1v) is 13.6. The van der Waals surface area contributed by atoms with Crippen molar-refractivity contribution >= 4 is 38.2 Å². The second-order valence-corrected chi connectivity index (χ2v) is 11.7. The van der Waals surface area contributed by atoms with Gasteiger partial charge in [-0.25, -0.2) is 14.2 Å². The highest BCUT2D eigenvalue weighted by Gasteiger charge is 2.44. The van der Waals surface area contributed by atoms with Crippen LogP contribution in [0.1, 0.15) is 65.3 Å². The lowest BCUT2D eigenvalue weighted by Gasteiger charge is -2.46. The van der Waals surface area contributed by atoms with Crippen molar-refractivity contribution in [1.82, 2.24) is 10.1 Å². The van der Waals surface area contributed by atoms with Gasteiger partial charge in [0, 0.05) is 30.1 Å². The number of carboxylic acids is 1. The fraction of sp³-hybridized carbons (Fsp3) is 0.345.